The molecule has 0 radical (unpaired) electrons. The average molecular weight is 282 g/mol. The van der Waals surface area contributed by atoms with Crippen molar-refractivity contribution in [2.24, 2.45) is 0 Å². The molecule has 2 N–H and O–H groups in total. The van der Waals surface area contributed by atoms with Crippen LogP contribution in [0.3, 0.4) is 0 Å². The number of nitrogens with one attached hydrogen (secondary N) is 2. The molecule has 1 heterocycles. The molecule has 7 heteroatoms. The smallest absolute Gasteiger partial charge is 0.337 e. The molecule has 0 bridgehead atoms. The number of halogens is 2. The Kier molecular flexibility index (Phi) is 3.69. The second kappa shape index (κ2) is 5.28. The van der Waals surface area contributed by atoms with Gasteiger partial charge >= 0.3 is 12.0 Å². The maximum Gasteiger partial charge on any atom is 0.337 e. The number of carbonyl (C=O) groups is 2. The quantitative estimate of drug-likeness (QED) is 0.812. The minimum absolute atomic E-state index is 0.137. The lowest BCUT2D eigenvalue weighted by Gasteiger charge is -2.27. The molecule has 1 atom stereocenters. The van der Waals surface area contributed by atoms with Gasteiger partial charge in [-0.3, -0.25) is 0 Å². The van der Waals surface area contributed by atoms with Gasteiger partial charge in [0, 0.05) is 5.70 Å². The molecule has 0 unspecified atom stereocenters. The third kappa shape index (κ3) is 2.47. The minimum atomic E-state index is -1.06. The minimum Gasteiger partial charge on any atom is -0.466 e. The Morgan fingerprint density at radius 2 is 2.00 bits per heavy atom. The van der Waals surface area contributed by atoms with E-state index in [2.05, 4.69) is 15.4 Å². The van der Waals surface area contributed by atoms with Gasteiger partial charge in [-0.15, -0.1) is 0 Å². The van der Waals surface area contributed by atoms with Gasteiger partial charge in [-0.25, -0.2) is 18.4 Å². The lowest BCUT2D eigenvalue weighted by molar-refractivity contribution is -0.136. The van der Waals surface area contributed by atoms with Crippen molar-refractivity contribution in [3.05, 3.63) is 46.7 Å². The number of hydrogen-bond donors (Lipinski definition) is 2. The van der Waals surface area contributed by atoms with Crippen LogP contribution in [-0.2, 0) is 9.53 Å². The third-order valence-corrected chi connectivity index (χ3v) is 2.95. The van der Waals surface area contributed by atoms with E-state index < -0.39 is 29.7 Å². The molecule has 5 nitrogen and oxygen atoms in total. The van der Waals surface area contributed by atoms with Crippen LogP contribution >= 0.6 is 0 Å². The number of rotatable bonds is 2. The monoisotopic (exact) mass is 282 g/mol. The second-order valence-corrected chi connectivity index (χ2v) is 4.24. The molecule has 1 aliphatic heterocycles. The number of esters is 1. The van der Waals surface area contributed by atoms with Gasteiger partial charge in [0.25, 0.3) is 0 Å². The van der Waals surface area contributed by atoms with Crippen molar-refractivity contribution < 1.29 is 23.1 Å². The molecule has 0 fully saturated rings. The highest BCUT2D eigenvalue weighted by Gasteiger charge is 2.32. The predicted molar refractivity (Wildman–Crippen MR) is 65.5 cm³/mol. The van der Waals surface area contributed by atoms with E-state index in [1.165, 1.54) is 20.1 Å². The normalized spacial score (nSPS) is 18.4. The first-order valence-corrected chi connectivity index (χ1v) is 5.75. The molecule has 0 aliphatic carbocycles. The molecular weight excluding hydrogens is 270 g/mol. The summed E-state index contributed by atoms with van der Waals surface area (Å²) in [6.45, 7) is 1.53. The second-order valence-electron chi connectivity index (χ2n) is 4.24. The summed E-state index contributed by atoms with van der Waals surface area (Å²) in [6.07, 6.45) is 0. The molecule has 0 saturated heterocycles. The van der Waals surface area contributed by atoms with E-state index in [-0.39, 0.29) is 11.1 Å². The van der Waals surface area contributed by atoms with Crippen LogP contribution in [0, 0.1) is 11.6 Å². The fourth-order valence-corrected chi connectivity index (χ4v) is 2.02. The van der Waals surface area contributed by atoms with Gasteiger partial charge in [0.05, 0.1) is 18.7 Å². The molecule has 0 saturated carbocycles. The Hall–Kier alpha value is -2.44. The zero-order valence-electron chi connectivity index (χ0n) is 10.8. The Labute approximate surface area is 113 Å². The molecule has 20 heavy (non-hydrogen) atoms. The highest BCUT2D eigenvalue weighted by Crippen LogP contribution is 2.28. The maximum absolute atomic E-state index is 13.3. The number of benzene rings is 1. The Morgan fingerprint density at radius 3 is 2.60 bits per heavy atom. The van der Waals surface area contributed by atoms with Crippen LogP contribution in [0.1, 0.15) is 18.5 Å². The molecule has 1 aromatic rings. The molecule has 2 amide bonds. The zero-order chi connectivity index (χ0) is 14.9. The van der Waals surface area contributed by atoms with Crippen LogP contribution in [0.15, 0.2) is 29.5 Å². The molecular formula is C13H12F2N2O3. The van der Waals surface area contributed by atoms with Crippen molar-refractivity contribution in [2.75, 3.05) is 7.11 Å². The first-order valence-electron chi connectivity index (χ1n) is 5.75. The molecule has 1 aliphatic rings. The van der Waals surface area contributed by atoms with Crippen molar-refractivity contribution in [1.82, 2.24) is 10.6 Å². The average Bonchev–Trinajstić information content (AvgIpc) is 2.40. The Bertz CT molecular complexity index is 614. The fraction of sp³-hybridized carbons (Fsp3) is 0.231. The number of urea groups is 1. The topological polar surface area (TPSA) is 67.4 Å². The van der Waals surface area contributed by atoms with Crippen LogP contribution in [0.25, 0.3) is 0 Å². The predicted octanol–water partition coefficient (Wildman–Crippen LogP) is 1.77. The van der Waals surface area contributed by atoms with Crippen LogP contribution in [0.5, 0.6) is 0 Å². The van der Waals surface area contributed by atoms with Gasteiger partial charge in [0.15, 0.2) is 11.6 Å². The number of ether oxygens (including phenoxy) is 1. The summed E-state index contributed by atoms with van der Waals surface area (Å²) >= 11 is 0. The maximum atomic E-state index is 13.3. The van der Waals surface area contributed by atoms with Gasteiger partial charge in [-0.1, -0.05) is 6.07 Å². The first kappa shape index (κ1) is 14.0. The SMILES string of the molecule is COC(=O)C1=C(C)NC(=O)N[C@@H]1c1ccc(F)c(F)c1. The number of amides is 2. The number of carbonyl (C=O) groups excluding carboxylic acids is 2. The number of methoxy groups -OCH3 is 1. The number of hydrogen-bond acceptors (Lipinski definition) is 3. The summed E-state index contributed by atoms with van der Waals surface area (Å²) in [5, 5.41) is 4.91. The van der Waals surface area contributed by atoms with Crippen LogP contribution in [0.4, 0.5) is 13.6 Å². The molecule has 0 spiro atoms. The van der Waals surface area contributed by atoms with Gasteiger partial charge in [-0.05, 0) is 24.6 Å². The van der Waals surface area contributed by atoms with Crippen molar-refractivity contribution in [2.45, 2.75) is 13.0 Å². The molecule has 0 aromatic heterocycles. The molecule has 1 aromatic carbocycles. The molecule has 2 rings (SSSR count). The van der Waals surface area contributed by atoms with E-state index in [0.29, 0.717) is 5.70 Å². The van der Waals surface area contributed by atoms with Crippen molar-refractivity contribution >= 4 is 12.0 Å². The Balaban J connectivity index is 2.50. The van der Waals surface area contributed by atoms with Gasteiger partial charge in [0.2, 0.25) is 0 Å². The van der Waals surface area contributed by atoms with Gasteiger partial charge in [-0.2, -0.15) is 0 Å². The van der Waals surface area contributed by atoms with E-state index in [0.717, 1.165) is 12.1 Å². The van der Waals surface area contributed by atoms with Crippen molar-refractivity contribution in [3.8, 4) is 0 Å². The van der Waals surface area contributed by atoms with Gasteiger partial charge in [0.1, 0.15) is 0 Å². The highest BCUT2D eigenvalue weighted by atomic mass is 19.2. The summed E-state index contributed by atoms with van der Waals surface area (Å²) < 4.78 is 30.9. The summed E-state index contributed by atoms with van der Waals surface area (Å²) in [4.78, 5) is 23.3. The summed E-state index contributed by atoms with van der Waals surface area (Å²) in [5.74, 6) is -2.73. The fourth-order valence-electron chi connectivity index (χ4n) is 2.02. The van der Waals surface area contributed by atoms with E-state index >= 15 is 0 Å². The van der Waals surface area contributed by atoms with E-state index in [1.807, 2.05) is 0 Å². The lowest BCUT2D eigenvalue weighted by atomic mass is 9.95. The summed E-state index contributed by atoms with van der Waals surface area (Å²) in [7, 11) is 1.20. The van der Waals surface area contributed by atoms with E-state index in [9.17, 15) is 18.4 Å². The summed E-state index contributed by atoms with van der Waals surface area (Å²) in [5.41, 5.74) is 0.687. The van der Waals surface area contributed by atoms with Crippen LogP contribution < -0.4 is 10.6 Å². The molecule has 106 valence electrons. The third-order valence-electron chi connectivity index (χ3n) is 2.95. The van der Waals surface area contributed by atoms with Crippen LogP contribution in [-0.4, -0.2) is 19.1 Å². The lowest BCUT2D eigenvalue weighted by Crippen LogP contribution is -2.45. The zero-order valence-corrected chi connectivity index (χ0v) is 10.8. The van der Waals surface area contributed by atoms with E-state index in [1.54, 1.807) is 0 Å². The van der Waals surface area contributed by atoms with Crippen LogP contribution in [0.2, 0.25) is 0 Å². The van der Waals surface area contributed by atoms with Crippen molar-refractivity contribution in [3.63, 3.8) is 0 Å². The summed E-state index contributed by atoms with van der Waals surface area (Å²) in [6, 6.07) is 1.73. The highest BCUT2D eigenvalue weighted by molar-refractivity contribution is 5.94. The largest absolute Gasteiger partial charge is 0.466 e. The first-order chi connectivity index (χ1) is 9.43. The number of allylic oxidation sites excluding steroid dienone is 1. The Morgan fingerprint density at radius 1 is 1.30 bits per heavy atom. The van der Waals surface area contributed by atoms with Crippen molar-refractivity contribution in [1.29, 1.82) is 0 Å². The standard InChI is InChI=1S/C13H12F2N2O3/c1-6-10(12(18)20-2)11(17-13(19)16-6)7-3-4-8(14)9(15)5-7/h3-5,11H,1-2H3,(H2,16,17,19)/t11-/m1/s1. The van der Waals surface area contributed by atoms with Gasteiger partial charge < -0.3 is 15.4 Å². The van der Waals surface area contributed by atoms with E-state index in [4.69, 9.17) is 0 Å².